The first-order valence-electron chi connectivity index (χ1n) is 5.85. The predicted molar refractivity (Wildman–Crippen MR) is 87.2 cm³/mol. The first-order valence-corrected chi connectivity index (χ1v) is 7.75. The summed E-state index contributed by atoms with van der Waals surface area (Å²) in [6.07, 6.45) is 0.299. The van der Waals surface area contributed by atoms with E-state index in [-0.39, 0.29) is 11.5 Å². The molecule has 6 N–H and O–H groups in total. The van der Waals surface area contributed by atoms with E-state index in [1.807, 2.05) is 0 Å². The van der Waals surface area contributed by atoms with Crippen molar-refractivity contribution in [1.29, 1.82) is 0 Å². The second-order valence-corrected chi connectivity index (χ2v) is 5.19. The van der Waals surface area contributed by atoms with Crippen molar-refractivity contribution in [3.05, 3.63) is 0 Å². The van der Waals surface area contributed by atoms with Crippen LogP contribution in [0.5, 0.6) is 0 Å². The molecule has 0 aliphatic carbocycles. The van der Waals surface area contributed by atoms with Crippen molar-refractivity contribution in [3.8, 4) is 0 Å². The van der Waals surface area contributed by atoms with Crippen molar-refractivity contribution in [2.75, 3.05) is 17.3 Å². The summed E-state index contributed by atoms with van der Waals surface area (Å²) >= 11 is 11.9. The van der Waals surface area contributed by atoms with Crippen molar-refractivity contribution >= 4 is 55.6 Å². The lowest BCUT2D eigenvalue weighted by atomic mass is 10.2. The number of carbonyl (C=O) groups is 3. The van der Waals surface area contributed by atoms with Gasteiger partial charge in [0.2, 0.25) is 17.7 Å². The largest absolute Gasteiger partial charge is 0.368 e. The number of amides is 3. The predicted octanol–water partition coefficient (Wildman–Crippen LogP) is -2.05. The minimum atomic E-state index is -0.904. The Kier molecular flexibility index (Phi) is 9.90. The molecule has 0 heterocycles. The first-order chi connectivity index (χ1) is 9.37. The highest BCUT2D eigenvalue weighted by Crippen LogP contribution is 1.97. The van der Waals surface area contributed by atoms with Gasteiger partial charge in [-0.3, -0.25) is 14.4 Å². The van der Waals surface area contributed by atoms with Crippen LogP contribution in [0.3, 0.4) is 0 Å². The zero-order chi connectivity index (χ0) is 15.7. The number of carbonyl (C=O) groups excluding carboxylic acids is 3. The van der Waals surface area contributed by atoms with Crippen molar-refractivity contribution in [3.63, 3.8) is 0 Å². The topological polar surface area (TPSA) is 127 Å². The van der Waals surface area contributed by atoms with Gasteiger partial charge in [-0.2, -0.15) is 37.9 Å². The maximum Gasteiger partial charge on any atom is 0.244 e. The fourth-order valence-corrected chi connectivity index (χ4v) is 1.92. The van der Waals surface area contributed by atoms with Gasteiger partial charge in [-0.25, -0.2) is 0 Å². The number of hydrogen-bond donors (Lipinski definition) is 7. The third kappa shape index (κ3) is 6.73. The van der Waals surface area contributed by atoms with Crippen LogP contribution in [0, 0.1) is 0 Å². The lowest BCUT2D eigenvalue weighted by molar-refractivity contribution is -0.131. The molecule has 0 radical (unpaired) electrons. The van der Waals surface area contributed by atoms with Crippen molar-refractivity contribution in [1.82, 2.24) is 10.6 Å². The molecule has 0 aromatic carbocycles. The van der Waals surface area contributed by atoms with E-state index < -0.39 is 35.8 Å². The molecule has 116 valence electrons. The van der Waals surface area contributed by atoms with Crippen LogP contribution >= 0.6 is 37.9 Å². The zero-order valence-electron chi connectivity index (χ0n) is 10.8. The maximum atomic E-state index is 11.9. The summed E-state index contributed by atoms with van der Waals surface area (Å²) in [6.45, 7) is 0. The quantitative estimate of drug-likeness (QED) is 0.244. The van der Waals surface area contributed by atoms with Gasteiger partial charge < -0.3 is 22.1 Å². The summed E-state index contributed by atoms with van der Waals surface area (Å²) in [5.74, 6) is -1.14. The lowest BCUT2D eigenvalue weighted by Crippen LogP contribution is -2.56. The molecule has 7 nitrogen and oxygen atoms in total. The van der Waals surface area contributed by atoms with E-state index in [0.717, 1.165) is 0 Å². The Bertz CT molecular complexity index is 357. The average molecular weight is 340 g/mol. The number of primary amides is 1. The van der Waals surface area contributed by atoms with Gasteiger partial charge in [-0.1, -0.05) is 0 Å². The highest BCUT2D eigenvalue weighted by Gasteiger charge is 2.25. The first kappa shape index (κ1) is 19.4. The minimum Gasteiger partial charge on any atom is -0.368 e. The second kappa shape index (κ2) is 10.2. The summed E-state index contributed by atoms with van der Waals surface area (Å²) in [6, 6.07) is -2.56. The Morgan fingerprint density at radius 3 is 1.90 bits per heavy atom. The van der Waals surface area contributed by atoms with Crippen LogP contribution in [0.25, 0.3) is 0 Å². The third-order valence-electron chi connectivity index (χ3n) is 2.43. The molecule has 0 fully saturated rings. The molecule has 0 aromatic heterocycles. The van der Waals surface area contributed by atoms with Gasteiger partial charge in [0.1, 0.15) is 12.1 Å². The summed E-state index contributed by atoms with van der Waals surface area (Å²) in [7, 11) is 0. The normalized spacial score (nSPS) is 15.0. The Morgan fingerprint density at radius 2 is 1.50 bits per heavy atom. The van der Waals surface area contributed by atoms with E-state index in [1.165, 1.54) is 0 Å². The molecule has 0 aliphatic rings. The molecular formula is C10H20N4O3S3. The van der Waals surface area contributed by atoms with Crippen LogP contribution in [-0.4, -0.2) is 53.1 Å². The van der Waals surface area contributed by atoms with Crippen LogP contribution in [0.15, 0.2) is 0 Å². The fraction of sp³-hybridized carbons (Fsp3) is 0.700. The fourth-order valence-electron chi connectivity index (χ4n) is 1.24. The number of thiol groups is 3. The molecule has 0 bridgehead atoms. The van der Waals surface area contributed by atoms with Crippen LogP contribution in [-0.2, 0) is 14.4 Å². The molecule has 20 heavy (non-hydrogen) atoms. The van der Waals surface area contributed by atoms with E-state index >= 15 is 0 Å². The molecule has 0 saturated heterocycles. The molecular weight excluding hydrogens is 320 g/mol. The van der Waals surface area contributed by atoms with Gasteiger partial charge >= 0.3 is 0 Å². The van der Waals surface area contributed by atoms with E-state index in [0.29, 0.717) is 12.2 Å². The van der Waals surface area contributed by atoms with Gasteiger partial charge in [0.05, 0.1) is 6.04 Å². The Labute approximate surface area is 134 Å². The molecule has 3 amide bonds. The molecule has 0 saturated carbocycles. The Morgan fingerprint density at radius 1 is 0.950 bits per heavy atom. The SMILES string of the molecule is NC(=O)[C@H](CCS)NC(=O)[C@H](CS)NC(=O)[C@@H](N)CS. The van der Waals surface area contributed by atoms with Crippen LogP contribution < -0.4 is 22.1 Å². The lowest BCUT2D eigenvalue weighted by Gasteiger charge is -2.21. The summed E-state index contributed by atoms with van der Waals surface area (Å²) in [5.41, 5.74) is 10.6. The van der Waals surface area contributed by atoms with Crippen LogP contribution in [0.4, 0.5) is 0 Å². The summed E-state index contributed by atoms with van der Waals surface area (Å²) < 4.78 is 0. The van der Waals surface area contributed by atoms with Crippen LogP contribution in [0.1, 0.15) is 6.42 Å². The number of rotatable bonds is 9. The molecule has 0 rings (SSSR count). The van der Waals surface area contributed by atoms with Crippen molar-refractivity contribution in [2.24, 2.45) is 11.5 Å². The number of nitrogens with one attached hydrogen (secondary N) is 2. The smallest absolute Gasteiger partial charge is 0.244 e. The molecule has 10 heteroatoms. The van der Waals surface area contributed by atoms with E-state index in [1.54, 1.807) is 0 Å². The second-order valence-electron chi connectivity index (χ2n) is 4.01. The summed E-state index contributed by atoms with van der Waals surface area (Å²) in [5, 5.41) is 4.88. The standard InChI is InChI=1S/C10H20N4O3S3/c11-5(3-19)9(16)14-7(4-20)10(17)13-6(1-2-18)8(12)15/h5-7,18-20H,1-4,11H2,(H2,12,15)(H,13,17)(H,14,16)/t5-,6-,7-/m0/s1. The van der Waals surface area contributed by atoms with Gasteiger partial charge in [0, 0.05) is 11.5 Å². The number of hydrogen-bond acceptors (Lipinski definition) is 7. The van der Waals surface area contributed by atoms with Gasteiger partial charge in [0.25, 0.3) is 0 Å². The van der Waals surface area contributed by atoms with E-state index in [2.05, 4.69) is 48.5 Å². The molecule has 3 atom stereocenters. The van der Waals surface area contributed by atoms with E-state index in [9.17, 15) is 14.4 Å². The highest BCUT2D eigenvalue weighted by molar-refractivity contribution is 7.80. The minimum absolute atomic E-state index is 0.0588. The zero-order valence-corrected chi connectivity index (χ0v) is 13.5. The van der Waals surface area contributed by atoms with Gasteiger partial charge in [-0.05, 0) is 12.2 Å². The Balaban J connectivity index is 4.61. The third-order valence-corrected chi connectivity index (χ3v) is 3.44. The summed E-state index contributed by atoms with van der Waals surface area (Å²) in [4.78, 5) is 34.7. The van der Waals surface area contributed by atoms with Crippen LogP contribution in [0.2, 0.25) is 0 Å². The maximum absolute atomic E-state index is 11.9. The van der Waals surface area contributed by atoms with E-state index in [4.69, 9.17) is 11.5 Å². The number of nitrogens with two attached hydrogens (primary N) is 2. The van der Waals surface area contributed by atoms with Crippen molar-refractivity contribution in [2.45, 2.75) is 24.5 Å². The van der Waals surface area contributed by atoms with Crippen molar-refractivity contribution < 1.29 is 14.4 Å². The molecule has 0 aromatic rings. The Hall–Kier alpha value is -0.580. The molecule has 0 aliphatic heterocycles. The molecule has 0 unspecified atom stereocenters. The van der Waals surface area contributed by atoms with Gasteiger partial charge in [-0.15, -0.1) is 0 Å². The molecule has 0 spiro atoms. The average Bonchev–Trinajstić information content (AvgIpc) is 2.42. The van der Waals surface area contributed by atoms with Gasteiger partial charge in [0.15, 0.2) is 0 Å². The monoisotopic (exact) mass is 340 g/mol. The highest BCUT2D eigenvalue weighted by atomic mass is 32.1.